The summed E-state index contributed by atoms with van der Waals surface area (Å²) in [6.07, 6.45) is 2.23. The van der Waals surface area contributed by atoms with Crippen molar-refractivity contribution in [3.05, 3.63) is 42.0 Å². The van der Waals surface area contributed by atoms with Gasteiger partial charge in [0.15, 0.2) is 0 Å². The van der Waals surface area contributed by atoms with Crippen LogP contribution in [0.1, 0.15) is 18.4 Å². The molecule has 1 saturated heterocycles. The molecule has 3 nitrogen and oxygen atoms in total. The number of nitrogens with two attached hydrogens (primary N) is 1. The molecule has 0 aromatic heterocycles. The van der Waals surface area contributed by atoms with Crippen LogP contribution in [0.3, 0.4) is 0 Å². The van der Waals surface area contributed by atoms with Gasteiger partial charge in [-0.25, -0.2) is 0 Å². The molecule has 1 heterocycles. The fourth-order valence-electron chi connectivity index (χ4n) is 2.97. The van der Waals surface area contributed by atoms with Crippen molar-refractivity contribution in [1.82, 2.24) is 4.90 Å². The zero-order valence-electron chi connectivity index (χ0n) is 12.0. The van der Waals surface area contributed by atoms with Crippen molar-refractivity contribution in [3.63, 3.8) is 0 Å². The molecule has 1 aliphatic heterocycles. The summed E-state index contributed by atoms with van der Waals surface area (Å²) in [4.78, 5) is 2.41. The first kappa shape index (κ1) is 13.4. The summed E-state index contributed by atoms with van der Waals surface area (Å²) in [6, 6.07) is 13.3. The van der Waals surface area contributed by atoms with Gasteiger partial charge in [-0.1, -0.05) is 24.3 Å². The van der Waals surface area contributed by atoms with Crippen molar-refractivity contribution in [3.8, 4) is 0 Å². The Morgan fingerprint density at radius 1 is 1.15 bits per heavy atom. The maximum atomic E-state index is 6.21. The number of nitrogens with zero attached hydrogens (tertiary/aromatic N) is 1. The fourth-order valence-corrected chi connectivity index (χ4v) is 2.97. The summed E-state index contributed by atoms with van der Waals surface area (Å²) in [5.74, 6) is 0. The number of nitrogen functional groups attached to an aromatic ring is 1. The highest BCUT2D eigenvalue weighted by atomic mass is 16.5. The Balaban J connectivity index is 1.80. The molecule has 1 aliphatic rings. The monoisotopic (exact) mass is 270 g/mol. The Kier molecular flexibility index (Phi) is 3.90. The summed E-state index contributed by atoms with van der Waals surface area (Å²) in [7, 11) is 2.19. The van der Waals surface area contributed by atoms with Gasteiger partial charge >= 0.3 is 0 Å². The minimum Gasteiger partial charge on any atom is -0.398 e. The number of anilines is 1. The van der Waals surface area contributed by atoms with Gasteiger partial charge in [0.2, 0.25) is 0 Å². The first-order valence-electron chi connectivity index (χ1n) is 7.29. The maximum Gasteiger partial charge on any atom is 0.0480 e. The van der Waals surface area contributed by atoms with Gasteiger partial charge in [-0.3, -0.25) is 4.90 Å². The molecule has 0 bridgehead atoms. The first-order valence-corrected chi connectivity index (χ1v) is 7.29. The van der Waals surface area contributed by atoms with E-state index in [2.05, 4.69) is 48.3 Å². The summed E-state index contributed by atoms with van der Waals surface area (Å²) in [5.41, 5.74) is 8.32. The lowest BCUT2D eigenvalue weighted by molar-refractivity contribution is 0.0407. The van der Waals surface area contributed by atoms with Crippen LogP contribution in [0.4, 0.5) is 5.69 Å². The van der Waals surface area contributed by atoms with Crippen LogP contribution < -0.4 is 5.73 Å². The number of hydrogen-bond donors (Lipinski definition) is 1. The Bertz CT molecular complexity index is 591. The van der Waals surface area contributed by atoms with E-state index in [9.17, 15) is 0 Å². The molecular formula is C17H22N2O. The number of ether oxygens (including phenoxy) is 1. The van der Waals surface area contributed by atoms with Crippen LogP contribution in [-0.2, 0) is 11.3 Å². The third kappa shape index (κ3) is 2.79. The van der Waals surface area contributed by atoms with Crippen molar-refractivity contribution in [2.75, 3.05) is 26.0 Å². The normalized spacial score (nSPS) is 16.9. The SMILES string of the molecule is CN(Cc1cc2ccccc2cc1N)C1CCOCC1. The summed E-state index contributed by atoms with van der Waals surface area (Å²) < 4.78 is 5.43. The van der Waals surface area contributed by atoms with Crippen LogP contribution in [0.15, 0.2) is 36.4 Å². The number of benzene rings is 2. The van der Waals surface area contributed by atoms with Crippen molar-refractivity contribution in [1.29, 1.82) is 0 Å². The summed E-state index contributed by atoms with van der Waals surface area (Å²) in [6.45, 7) is 2.66. The van der Waals surface area contributed by atoms with E-state index < -0.39 is 0 Å². The Labute approximate surface area is 120 Å². The lowest BCUT2D eigenvalue weighted by Gasteiger charge is -2.31. The smallest absolute Gasteiger partial charge is 0.0480 e. The number of hydrogen-bond acceptors (Lipinski definition) is 3. The minimum atomic E-state index is 0.606. The second kappa shape index (κ2) is 5.81. The zero-order chi connectivity index (χ0) is 13.9. The lowest BCUT2D eigenvalue weighted by atomic mass is 10.0. The molecular weight excluding hydrogens is 248 g/mol. The summed E-state index contributed by atoms with van der Waals surface area (Å²) >= 11 is 0. The molecule has 0 radical (unpaired) electrons. The van der Waals surface area contributed by atoms with E-state index in [1.54, 1.807) is 0 Å². The molecule has 2 N–H and O–H groups in total. The average Bonchev–Trinajstić information content (AvgIpc) is 2.49. The van der Waals surface area contributed by atoms with Crippen LogP contribution in [-0.4, -0.2) is 31.2 Å². The number of fused-ring (bicyclic) bond motifs is 1. The predicted molar refractivity (Wildman–Crippen MR) is 83.7 cm³/mol. The molecule has 0 aliphatic carbocycles. The van der Waals surface area contributed by atoms with Gasteiger partial charge in [-0.2, -0.15) is 0 Å². The molecule has 106 valence electrons. The maximum absolute atomic E-state index is 6.21. The zero-order valence-corrected chi connectivity index (χ0v) is 12.0. The average molecular weight is 270 g/mol. The van der Waals surface area contributed by atoms with E-state index >= 15 is 0 Å². The molecule has 0 spiro atoms. The fraction of sp³-hybridized carbons (Fsp3) is 0.412. The second-order valence-electron chi connectivity index (χ2n) is 5.66. The van der Waals surface area contributed by atoms with Crippen LogP contribution in [0.25, 0.3) is 10.8 Å². The van der Waals surface area contributed by atoms with Crippen molar-refractivity contribution < 1.29 is 4.74 Å². The van der Waals surface area contributed by atoms with Gasteiger partial charge in [-0.15, -0.1) is 0 Å². The van der Waals surface area contributed by atoms with Gasteiger partial charge < -0.3 is 10.5 Å². The Hall–Kier alpha value is -1.58. The third-order valence-corrected chi connectivity index (χ3v) is 4.24. The van der Waals surface area contributed by atoms with Crippen LogP contribution in [0.2, 0.25) is 0 Å². The largest absolute Gasteiger partial charge is 0.398 e. The van der Waals surface area contributed by atoms with Crippen LogP contribution >= 0.6 is 0 Å². The Morgan fingerprint density at radius 3 is 2.50 bits per heavy atom. The van der Waals surface area contributed by atoms with E-state index in [-0.39, 0.29) is 0 Å². The molecule has 2 aromatic rings. The molecule has 0 unspecified atom stereocenters. The molecule has 0 amide bonds. The van der Waals surface area contributed by atoms with Crippen molar-refractivity contribution >= 4 is 16.5 Å². The topological polar surface area (TPSA) is 38.5 Å². The predicted octanol–water partition coefficient (Wildman–Crippen LogP) is 3.03. The second-order valence-corrected chi connectivity index (χ2v) is 5.66. The van der Waals surface area contributed by atoms with E-state index in [1.165, 1.54) is 16.3 Å². The van der Waals surface area contributed by atoms with Gasteiger partial charge in [-0.05, 0) is 48.4 Å². The Morgan fingerprint density at radius 2 is 1.80 bits per heavy atom. The molecule has 3 heteroatoms. The number of rotatable bonds is 3. The van der Waals surface area contributed by atoms with E-state index in [4.69, 9.17) is 10.5 Å². The van der Waals surface area contributed by atoms with E-state index in [0.29, 0.717) is 6.04 Å². The lowest BCUT2D eigenvalue weighted by Crippen LogP contribution is -2.36. The van der Waals surface area contributed by atoms with E-state index in [0.717, 1.165) is 38.3 Å². The molecule has 3 rings (SSSR count). The van der Waals surface area contributed by atoms with Gasteiger partial charge in [0.1, 0.15) is 0 Å². The molecule has 20 heavy (non-hydrogen) atoms. The minimum absolute atomic E-state index is 0.606. The highest BCUT2D eigenvalue weighted by Crippen LogP contribution is 2.24. The highest BCUT2D eigenvalue weighted by molar-refractivity contribution is 5.86. The van der Waals surface area contributed by atoms with Crippen LogP contribution in [0, 0.1) is 0 Å². The van der Waals surface area contributed by atoms with Gasteiger partial charge in [0.05, 0.1) is 0 Å². The molecule has 2 aromatic carbocycles. The van der Waals surface area contributed by atoms with Crippen molar-refractivity contribution in [2.45, 2.75) is 25.4 Å². The first-order chi connectivity index (χ1) is 9.74. The van der Waals surface area contributed by atoms with Gasteiger partial charge in [0, 0.05) is 31.5 Å². The van der Waals surface area contributed by atoms with Gasteiger partial charge in [0.25, 0.3) is 0 Å². The van der Waals surface area contributed by atoms with Crippen molar-refractivity contribution in [2.24, 2.45) is 0 Å². The third-order valence-electron chi connectivity index (χ3n) is 4.24. The molecule has 0 atom stereocenters. The van der Waals surface area contributed by atoms with Crippen LogP contribution in [0.5, 0.6) is 0 Å². The highest BCUT2D eigenvalue weighted by Gasteiger charge is 2.19. The molecule has 0 saturated carbocycles. The molecule has 1 fully saturated rings. The summed E-state index contributed by atoms with van der Waals surface area (Å²) in [5, 5.41) is 2.47. The van der Waals surface area contributed by atoms with E-state index in [1.807, 2.05) is 0 Å². The quantitative estimate of drug-likeness (QED) is 0.871. The standard InChI is InChI=1S/C17H22N2O/c1-19(16-6-8-20-9-7-16)12-15-10-13-4-2-3-5-14(13)11-17(15)18/h2-5,10-11,16H,6-9,12,18H2,1H3.